The maximum atomic E-state index is 11.3. The Labute approximate surface area is 115 Å². The van der Waals surface area contributed by atoms with Gasteiger partial charge in [0.25, 0.3) is 0 Å². The molecule has 1 aromatic rings. The number of amides is 1. The third-order valence-electron chi connectivity index (χ3n) is 3.07. The average Bonchev–Trinajstić information content (AvgIpc) is 2.36. The van der Waals surface area contributed by atoms with Crippen LogP contribution < -0.4 is 5.32 Å². The molecule has 0 aliphatic rings. The fourth-order valence-corrected chi connectivity index (χ4v) is 1.94. The molecule has 1 amide bonds. The molecule has 1 N–H and O–H groups in total. The van der Waals surface area contributed by atoms with Crippen molar-refractivity contribution in [2.45, 2.75) is 45.6 Å². The van der Waals surface area contributed by atoms with E-state index in [2.05, 4.69) is 36.5 Å². The molecule has 3 heteroatoms. The first kappa shape index (κ1) is 15.0. The minimum Gasteiger partial charge on any atom is -0.350 e. The summed E-state index contributed by atoms with van der Waals surface area (Å²) in [6.07, 6.45) is 2.93. The Hall–Kier alpha value is -1.02. The van der Waals surface area contributed by atoms with Crippen LogP contribution in [0.3, 0.4) is 0 Å². The Morgan fingerprint density at radius 1 is 1.22 bits per heavy atom. The van der Waals surface area contributed by atoms with Crippen LogP contribution in [0, 0.1) is 0 Å². The first-order valence-corrected chi connectivity index (χ1v) is 6.95. The molecule has 0 radical (unpaired) electrons. The van der Waals surface area contributed by atoms with E-state index in [4.69, 9.17) is 11.6 Å². The van der Waals surface area contributed by atoms with Gasteiger partial charge in [-0.3, -0.25) is 4.79 Å². The van der Waals surface area contributed by atoms with Gasteiger partial charge < -0.3 is 5.32 Å². The monoisotopic (exact) mass is 267 g/mol. The normalized spacial score (nSPS) is 11.3. The summed E-state index contributed by atoms with van der Waals surface area (Å²) in [7, 11) is 0. The molecule has 0 bridgehead atoms. The molecule has 100 valence electrons. The SMILES string of the molecule is CCc1ccc(CCC(C)(C)NC(=O)CCl)cc1. The number of hydrogen-bond donors (Lipinski definition) is 1. The molecule has 0 unspecified atom stereocenters. The van der Waals surface area contributed by atoms with Crippen molar-refractivity contribution in [3.63, 3.8) is 0 Å². The summed E-state index contributed by atoms with van der Waals surface area (Å²) in [4.78, 5) is 11.3. The largest absolute Gasteiger partial charge is 0.350 e. The van der Waals surface area contributed by atoms with Gasteiger partial charge in [-0.05, 0) is 44.2 Å². The van der Waals surface area contributed by atoms with Crippen molar-refractivity contribution in [2.24, 2.45) is 0 Å². The summed E-state index contributed by atoms with van der Waals surface area (Å²) in [6.45, 7) is 6.20. The Balaban J connectivity index is 2.50. The second kappa shape index (κ2) is 6.79. The van der Waals surface area contributed by atoms with Crippen LogP contribution in [0.5, 0.6) is 0 Å². The van der Waals surface area contributed by atoms with Crippen molar-refractivity contribution in [3.05, 3.63) is 35.4 Å². The fourth-order valence-electron chi connectivity index (χ4n) is 1.87. The van der Waals surface area contributed by atoms with Crippen LogP contribution in [0.2, 0.25) is 0 Å². The lowest BCUT2D eigenvalue weighted by molar-refractivity contribution is -0.120. The Morgan fingerprint density at radius 3 is 2.28 bits per heavy atom. The molecule has 0 aromatic heterocycles. The lowest BCUT2D eigenvalue weighted by Crippen LogP contribution is -2.44. The maximum Gasteiger partial charge on any atom is 0.235 e. The van der Waals surface area contributed by atoms with Gasteiger partial charge in [-0.15, -0.1) is 11.6 Å². The molecule has 1 aromatic carbocycles. The number of rotatable bonds is 6. The molecule has 18 heavy (non-hydrogen) atoms. The van der Waals surface area contributed by atoms with E-state index in [-0.39, 0.29) is 17.3 Å². The number of halogens is 1. The van der Waals surface area contributed by atoms with E-state index in [1.54, 1.807) is 0 Å². The number of benzene rings is 1. The van der Waals surface area contributed by atoms with E-state index in [0.29, 0.717) is 0 Å². The topological polar surface area (TPSA) is 29.1 Å². The Bertz CT molecular complexity index is 384. The van der Waals surface area contributed by atoms with Gasteiger partial charge in [-0.1, -0.05) is 31.2 Å². The van der Waals surface area contributed by atoms with Gasteiger partial charge in [0.05, 0.1) is 0 Å². The van der Waals surface area contributed by atoms with Crippen LogP contribution in [-0.2, 0) is 17.6 Å². The Kier molecular flexibility index (Phi) is 5.67. The standard InChI is InChI=1S/C15H22ClNO/c1-4-12-5-7-13(8-6-12)9-10-15(2,3)17-14(18)11-16/h5-8H,4,9-11H2,1-3H3,(H,17,18). The van der Waals surface area contributed by atoms with Gasteiger partial charge in [0.15, 0.2) is 0 Å². The highest BCUT2D eigenvalue weighted by atomic mass is 35.5. The lowest BCUT2D eigenvalue weighted by atomic mass is 9.94. The highest BCUT2D eigenvalue weighted by molar-refractivity contribution is 6.27. The number of aryl methyl sites for hydroxylation is 2. The molecule has 0 spiro atoms. The third kappa shape index (κ3) is 5.09. The molecular formula is C15H22ClNO. The fraction of sp³-hybridized carbons (Fsp3) is 0.533. The minimum atomic E-state index is -0.213. The van der Waals surface area contributed by atoms with Crippen molar-refractivity contribution in [1.29, 1.82) is 0 Å². The Morgan fingerprint density at radius 2 is 1.78 bits per heavy atom. The van der Waals surface area contributed by atoms with Gasteiger partial charge in [0, 0.05) is 5.54 Å². The van der Waals surface area contributed by atoms with Crippen molar-refractivity contribution < 1.29 is 4.79 Å². The molecule has 0 atom stereocenters. The third-order valence-corrected chi connectivity index (χ3v) is 3.31. The first-order chi connectivity index (χ1) is 8.46. The summed E-state index contributed by atoms with van der Waals surface area (Å²) in [5.74, 6) is -0.0859. The molecular weight excluding hydrogens is 246 g/mol. The van der Waals surface area contributed by atoms with E-state index >= 15 is 0 Å². The van der Waals surface area contributed by atoms with E-state index in [0.717, 1.165) is 19.3 Å². The van der Waals surface area contributed by atoms with Crippen LogP contribution in [0.4, 0.5) is 0 Å². The second-order valence-electron chi connectivity index (χ2n) is 5.24. The van der Waals surface area contributed by atoms with Gasteiger partial charge in [0.1, 0.15) is 5.88 Å². The van der Waals surface area contributed by atoms with Crippen molar-refractivity contribution in [3.8, 4) is 0 Å². The van der Waals surface area contributed by atoms with E-state index < -0.39 is 0 Å². The number of carbonyl (C=O) groups excluding carboxylic acids is 1. The smallest absolute Gasteiger partial charge is 0.235 e. The van der Waals surface area contributed by atoms with Gasteiger partial charge in [0.2, 0.25) is 5.91 Å². The highest BCUT2D eigenvalue weighted by Crippen LogP contribution is 2.14. The number of alkyl halides is 1. The average molecular weight is 268 g/mol. The number of nitrogens with one attached hydrogen (secondary N) is 1. The molecule has 2 nitrogen and oxygen atoms in total. The zero-order chi connectivity index (χ0) is 13.6. The molecule has 0 fully saturated rings. The summed E-state index contributed by atoms with van der Waals surface area (Å²) in [6, 6.07) is 8.66. The van der Waals surface area contributed by atoms with Gasteiger partial charge in [-0.2, -0.15) is 0 Å². The lowest BCUT2D eigenvalue weighted by Gasteiger charge is -2.26. The predicted molar refractivity (Wildman–Crippen MR) is 77.1 cm³/mol. The zero-order valence-corrected chi connectivity index (χ0v) is 12.2. The minimum absolute atomic E-state index is 0.0224. The van der Waals surface area contributed by atoms with E-state index in [1.165, 1.54) is 11.1 Å². The van der Waals surface area contributed by atoms with Crippen LogP contribution in [0.1, 0.15) is 38.3 Å². The zero-order valence-electron chi connectivity index (χ0n) is 11.4. The predicted octanol–water partition coefficient (Wildman–Crippen LogP) is 3.32. The molecule has 0 saturated carbocycles. The van der Waals surface area contributed by atoms with Crippen LogP contribution in [-0.4, -0.2) is 17.3 Å². The summed E-state index contributed by atoms with van der Waals surface area (Å²) in [5.41, 5.74) is 2.45. The molecule has 0 aliphatic heterocycles. The summed E-state index contributed by atoms with van der Waals surface area (Å²) in [5, 5.41) is 2.93. The van der Waals surface area contributed by atoms with Crippen LogP contribution in [0.25, 0.3) is 0 Å². The van der Waals surface area contributed by atoms with Crippen molar-refractivity contribution >= 4 is 17.5 Å². The van der Waals surface area contributed by atoms with E-state index in [9.17, 15) is 4.79 Å². The van der Waals surface area contributed by atoms with Crippen LogP contribution >= 0.6 is 11.6 Å². The molecule has 0 heterocycles. The van der Waals surface area contributed by atoms with Crippen molar-refractivity contribution in [2.75, 3.05) is 5.88 Å². The van der Waals surface area contributed by atoms with Crippen LogP contribution in [0.15, 0.2) is 24.3 Å². The summed E-state index contributed by atoms with van der Waals surface area (Å²) < 4.78 is 0. The number of hydrogen-bond acceptors (Lipinski definition) is 1. The maximum absolute atomic E-state index is 11.3. The van der Waals surface area contributed by atoms with E-state index in [1.807, 2.05) is 13.8 Å². The number of carbonyl (C=O) groups is 1. The first-order valence-electron chi connectivity index (χ1n) is 6.41. The van der Waals surface area contributed by atoms with Gasteiger partial charge >= 0.3 is 0 Å². The van der Waals surface area contributed by atoms with Crippen molar-refractivity contribution in [1.82, 2.24) is 5.32 Å². The second-order valence-corrected chi connectivity index (χ2v) is 5.50. The quantitative estimate of drug-likeness (QED) is 0.787. The summed E-state index contributed by atoms with van der Waals surface area (Å²) >= 11 is 5.50. The molecule has 0 aliphatic carbocycles. The molecule has 0 saturated heterocycles. The highest BCUT2D eigenvalue weighted by Gasteiger charge is 2.19. The van der Waals surface area contributed by atoms with Gasteiger partial charge in [-0.25, -0.2) is 0 Å². The molecule has 1 rings (SSSR count).